The number of oxazole rings is 1. The van der Waals surface area contributed by atoms with Gasteiger partial charge in [-0.15, -0.1) is 0 Å². The number of aromatic nitrogens is 1. The Kier molecular flexibility index (Phi) is 4.75. The van der Waals surface area contributed by atoms with Crippen LogP contribution in [0, 0.1) is 25.2 Å². The van der Waals surface area contributed by atoms with E-state index in [2.05, 4.69) is 10.3 Å². The van der Waals surface area contributed by atoms with Gasteiger partial charge in [0.05, 0.1) is 12.2 Å². The fourth-order valence-electron chi connectivity index (χ4n) is 1.75. The summed E-state index contributed by atoms with van der Waals surface area (Å²) in [6.07, 6.45) is 0. The van der Waals surface area contributed by atoms with E-state index >= 15 is 0 Å². The van der Waals surface area contributed by atoms with Crippen molar-refractivity contribution in [1.29, 1.82) is 5.26 Å². The summed E-state index contributed by atoms with van der Waals surface area (Å²) < 4.78 is 10.7. The van der Waals surface area contributed by atoms with E-state index in [-0.39, 0.29) is 6.61 Å². The summed E-state index contributed by atoms with van der Waals surface area (Å²) in [4.78, 5) is 4.31. The molecule has 104 valence electrons. The standard InChI is InChI=1S/C15H17N3O2/c1-11-12(2)20-15(18-11)10-17-9-13-3-5-14(6-4-13)19-8-7-16/h3-6,17H,8-10H2,1-2H3. The van der Waals surface area contributed by atoms with Crippen LogP contribution >= 0.6 is 0 Å². The highest BCUT2D eigenvalue weighted by atomic mass is 16.5. The Bertz CT molecular complexity index is 577. The monoisotopic (exact) mass is 271 g/mol. The molecule has 5 nitrogen and oxygen atoms in total. The fourth-order valence-corrected chi connectivity index (χ4v) is 1.75. The first-order chi connectivity index (χ1) is 9.69. The zero-order valence-electron chi connectivity index (χ0n) is 11.6. The molecule has 0 fully saturated rings. The maximum atomic E-state index is 8.43. The minimum Gasteiger partial charge on any atom is -0.479 e. The lowest BCUT2D eigenvalue weighted by molar-refractivity contribution is 0.368. The van der Waals surface area contributed by atoms with Crippen molar-refractivity contribution in [3.63, 3.8) is 0 Å². The second-order valence-corrected chi connectivity index (χ2v) is 4.44. The van der Waals surface area contributed by atoms with E-state index in [1.807, 2.05) is 44.2 Å². The molecule has 1 N–H and O–H groups in total. The van der Waals surface area contributed by atoms with Gasteiger partial charge in [0.25, 0.3) is 0 Å². The number of rotatable bonds is 6. The van der Waals surface area contributed by atoms with E-state index in [0.29, 0.717) is 18.2 Å². The van der Waals surface area contributed by atoms with Crippen molar-refractivity contribution in [2.45, 2.75) is 26.9 Å². The van der Waals surface area contributed by atoms with Gasteiger partial charge in [-0.1, -0.05) is 12.1 Å². The maximum absolute atomic E-state index is 8.43. The Labute approximate surface area is 118 Å². The first kappa shape index (κ1) is 14.1. The van der Waals surface area contributed by atoms with Crippen LogP contribution in [-0.2, 0) is 13.1 Å². The number of ether oxygens (including phenoxy) is 1. The average molecular weight is 271 g/mol. The van der Waals surface area contributed by atoms with Gasteiger partial charge in [-0.2, -0.15) is 5.26 Å². The third kappa shape index (κ3) is 3.84. The van der Waals surface area contributed by atoms with E-state index in [1.54, 1.807) is 0 Å². The molecule has 0 aliphatic rings. The van der Waals surface area contributed by atoms with Crippen LogP contribution < -0.4 is 10.1 Å². The van der Waals surface area contributed by atoms with Crippen LogP contribution in [0.15, 0.2) is 28.7 Å². The molecule has 1 aromatic heterocycles. The van der Waals surface area contributed by atoms with Gasteiger partial charge in [-0.05, 0) is 31.5 Å². The largest absolute Gasteiger partial charge is 0.479 e. The molecule has 0 unspecified atom stereocenters. The molecule has 2 rings (SSSR count). The lowest BCUT2D eigenvalue weighted by atomic mass is 10.2. The van der Waals surface area contributed by atoms with Gasteiger partial charge in [0.1, 0.15) is 17.6 Å². The van der Waals surface area contributed by atoms with Gasteiger partial charge in [0.2, 0.25) is 5.89 Å². The molecule has 0 aliphatic carbocycles. The van der Waals surface area contributed by atoms with E-state index in [1.165, 1.54) is 0 Å². The Hall–Kier alpha value is -2.32. The van der Waals surface area contributed by atoms with E-state index in [0.717, 1.165) is 23.6 Å². The van der Waals surface area contributed by atoms with Crippen LogP contribution in [0.1, 0.15) is 22.9 Å². The number of benzene rings is 1. The molecule has 2 aromatic rings. The number of nitrogens with zero attached hydrogens (tertiary/aromatic N) is 2. The predicted molar refractivity (Wildman–Crippen MR) is 74.1 cm³/mol. The lowest BCUT2D eigenvalue weighted by Gasteiger charge is -2.05. The number of nitrogens with one attached hydrogen (secondary N) is 1. The van der Waals surface area contributed by atoms with Crippen molar-refractivity contribution in [2.75, 3.05) is 6.61 Å². The molecular weight excluding hydrogens is 254 g/mol. The quantitative estimate of drug-likeness (QED) is 0.874. The maximum Gasteiger partial charge on any atom is 0.208 e. The van der Waals surface area contributed by atoms with Crippen molar-refractivity contribution in [3.05, 3.63) is 47.2 Å². The zero-order chi connectivity index (χ0) is 14.4. The van der Waals surface area contributed by atoms with Gasteiger partial charge < -0.3 is 14.5 Å². The summed E-state index contributed by atoms with van der Waals surface area (Å²) in [6.45, 7) is 5.23. The Morgan fingerprint density at radius 2 is 2.00 bits per heavy atom. The number of hydrogen-bond donors (Lipinski definition) is 1. The summed E-state index contributed by atoms with van der Waals surface area (Å²) in [5, 5.41) is 11.7. The van der Waals surface area contributed by atoms with E-state index in [4.69, 9.17) is 14.4 Å². The molecule has 0 saturated heterocycles. The SMILES string of the molecule is Cc1nc(CNCc2ccc(OCC#N)cc2)oc1C. The minimum absolute atomic E-state index is 0.0699. The van der Waals surface area contributed by atoms with Crippen LogP contribution in [-0.4, -0.2) is 11.6 Å². The van der Waals surface area contributed by atoms with Crippen LogP contribution in [0.25, 0.3) is 0 Å². The fraction of sp³-hybridized carbons (Fsp3) is 0.333. The predicted octanol–water partition coefficient (Wildman–Crippen LogP) is 2.48. The molecule has 5 heteroatoms. The van der Waals surface area contributed by atoms with Crippen LogP contribution in [0.3, 0.4) is 0 Å². The zero-order valence-corrected chi connectivity index (χ0v) is 11.6. The Morgan fingerprint density at radius 1 is 1.25 bits per heavy atom. The number of nitriles is 1. The van der Waals surface area contributed by atoms with E-state index in [9.17, 15) is 0 Å². The molecule has 0 amide bonds. The summed E-state index contributed by atoms with van der Waals surface area (Å²) in [5.41, 5.74) is 2.06. The normalized spacial score (nSPS) is 10.2. The Morgan fingerprint density at radius 3 is 2.60 bits per heavy atom. The summed E-state index contributed by atoms with van der Waals surface area (Å²) >= 11 is 0. The van der Waals surface area contributed by atoms with Gasteiger partial charge in [0.15, 0.2) is 6.61 Å². The summed E-state index contributed by atoms with van der Waals surface area (Å²) in [7, 11) is 0. The molecule has 0 aliphatic heterocycles. The lowest BCUT2D eigenvalue weighted by Crippen LogP contribution is -2.12. The molecule has 0 bridgehead atoms. The van der Waals surface area contributed by atoms with Crippen molar-refractivity contribution in [3.8, 4) is 11.8 Å². The van der Waals surface area contributed by atoms with Gasteiger partial charge in [0, 0.05) is 6.54 Å². The van der Waals surface area contributed by atoms with Gasteiger partial charge in [-0.3, -0.25) is 0 Å². The van der Waals surface area contributed by atoms with E-state index < -0.39 is 0 Å². The molecule has 0 saturated carbocycles. The van der Waals surface area contributed by atoms with Gasteiger partial charge in [-0.25, -0.2) is 4.98 Å². The van der Waals surface area contributed by atoms with Crippen molar-refractivity contribution in [2.24, 2.45) is 0 Å². The molecule has 20 heavy (non-hydrogen) atoms. The smallest absolute Gasteiger partial charge is 0.208 e. The second kappa shape index (κ2) is 6.73. The minimum atomic E-state index is 0.0699. The summed E-state index contributed by atoms with van der Waals surface area (Å²) in [5.74, 6) is 2.27. The third-order valence-corrected chi connectivity index (χ3v) is 2.90. The molecule has 0 atom stereocenters. The van der Waals surface area contributed by atoms with Crippen molar-refractivity contribution < 1.29 is 9.15 Å². The first-order valence-corrected chi connectivity index (χ1v) is 6.41. The molecule has 0 spiro atoms. The molecule has 1 heterocycles. The van der Waals surface area contributed by atoms with Gasteiger partial charge >= 0.3 is 0 Å². The first-order valence-electron chi connectivity index (χ1n) is 6.41. The third-order valence-electron chi connectivity index (χ3n) is 2.90. The Balaban J connectivity index is 1.80. The molecule has 1 aromatic carbocycles. The highest BCUT2D eigenvalue weighted by Gasteiger charge is 2.04. The summed E-state index contributed by atoms with van der Waals surface area (Å²) in [6, 6.07) is 9.58. The average Bonchev–Trinajstić information content (AvgIpc) is 2.77. The topological polar surface area (TPSA) is 71.1 Å². The number of aryl methyl sites for hydroxylation is 2. The number of hydrogen-bond acceptors (Lipinski definition) is 5. The van der Waals surface area contributed by atoms with Crippen LogP contribution in [0.4, 0.5) is 0 Å². The molecular formula is C15H17N3O2. The highest BCUT2D eigenvalue weighted by molar-refractivity contribution is 5.27. The molecule has 0 radical (unpaired) electrons. The van der Waals surface area contributed by atoms with Crippen LogP contribution in [0.2, 0.25) is 0 Å². The second-order valence-electron chi connectivity index (χ2n) is 4.44. The highest BCUT2D eigenvalue weighted by Crippen LogP contribution is 2.12. The van der Waals surface area contributed by atoms with Crippen LogP contribution in [0.5, 0.6) is 5.75 Å². The van der Waals surface area contributed by atoms with Crippen molar-refractivity contribution >= 4 is 0 Å². The van der Waals surface area contributed by atoms with Crippen molar-refractivity contribution in [1.82, 2.24) is 10.3 Å².